The van der Waals surface area contributed by atoms with Crippen molar-refractivity contribution in [3.05, 3.63) is 45.2 Å². The van der Waals surface area contributed by atoms with Crippen molar-refractivity contribution in [2.75, 3.05) is 0 Å². The van der Waals surface area contributed by atoms with Crippen LogP contribution in [0.15, 0.2) is 35.1 Å². The standard InChI is InChI=1S/C11H5BrF3N3O4/c12-8-2-1-7(3-9(8)22-11(13,14)15)21-10-16-4-6(5-17-10)18(19)20/h1-5H. The minimum atomic E-state index is -4.86. The molecule has 0 fully saturated rings. The lowest BCUT2D eigenvalue weighted by Crippen LogP contribution is -2.17. The molecule has 1 heterocycles. The summed E-state index contributed by atoms with van der Waals surface area (Å²) < 4.78 is 45.7. The lowest BCUT2D eigenvalue weighted by Gasteiger charge is -2.11. The Morgan fingerprint density at radius 3 is 2.41 bits per heavy atom. The van der Waals surface area contributed by atoms with Crippen LogP contribution in [0.2, 0.25) is 0 Å². The van der Waals surface area contributed by atoms with E-state index in [9.17, 15) is 23.3 Å². The van der Waals surface area contributed by atoms with Crippen molar-refractivity contribution in [1.29, 1.82) is 0 Å². The van der Waals surface area contributed by atoms with Gasteiger partial charge in [0.25, 0.3) is 0 Å². The average Bonchev–Trinajstić information content (AvgIpc) is 2.41. The van der Waals surface area contributed by atoms with E-state index in [-0.39, 0.29) is 21.9 Å². The van der Waals surface area contributed by atoms with Crippen LogP contribution in [0.1, 0.15) is 0 Å². The summed E-state index contributed by atoms with van der Waals surface area (Å²) in [7, 11) is 0. The second-order valence-corrected chi connectivity index (χ2v) is 4.58. The van der Waals surface area contributed by atoms with E-state index >= 15 is 0 Å². The summed E-state index contributed by atoms with van der Waals surface area (Å²) in [6.07, 6.45) is -3.03. The molecule has 0 saturated carbocycles. The molecule has 0 atom stereocenters. The molecular weight excluding hydrogens is 375 g/mol. The van der Waals surface area contributed by atoms with Crippen molar-refractivity contribution >= 4 is 21.6 Å². The minimum absolute atomic E-state index is 0.0312. The van der Waals surface area contributed by atoms with Gasteiger partial charge in [0.05, 0.1) is 9.40 Å². The molecule has 0 N–H and O–H groups in total. The molecule has 1 aromatic heterocycles. The molecule has 0 radical (unpaired) electrons. The second-order valence-electron chi connectivity index (χ2n) is 3.72. The van der Waals surface area contributed by atoms with Crippen LogP contribution in [0, 0.1) is 10.1 Å². The molecule has 22 heavy (non-hydrogen) atoms. The van der Waals surface area contributed by atoms with Gasteiger partial charge in [-0.25, -0.2) is 0 Å². The number of aromatic nitrogens is 2. The van der Waals surface area contributed by atoms with Crippen molar-refractivity contribution in [2.45, 2.75) is 6.36 Å². The normalized spacial score (nSPS) is 11.1. The van der Waals surface area contributed by atoms with Crippen molar-refractivity contribution < 1.29 is 27.6 Å². The van der Waals surface area contributed by atoms with Gasteiger partial charge in [-0.2, -0.15) is 9.97 Å². The summed E-state index contributed by atoms with van der Waals surface area (Å²) in [4.78, 5) is 16.9. The van der Waals surface area contributed by atoms with E-state index in [0.717, 1.165) is 18.5 Å². The van der Waals surface area contributed by atoms with E-state index in [1.165, 1.54) is 12.1 Å². The highest BCUT2D eigenvalue weighted by atomic mass is 79.9. The smallest absolute Gasteiger partial charge is 0.424 e. The van der Waals surface area contributed by atoms with Crippen molar-refractivity contribution in [2.24, 2.45) is 0 Å². The number of nitrogens with zero attached hydrogens (tertiary/aromatic N) is 3. The molecule has 0 bridgehead atoms. The average molecular weight is 380 g/mol. The van der Waals surface area contributed by atoms with E-state index in [1.54, 1.807) is 0 Å². The third-order valence-corrected chi connectivity index (χ3v) is 2.82. The van der Waals surface area contributed by atoms with E-state index in [4.69, 9.17) is 4.74 Å². The topological polar surface area (TPSA) is 87.4 Å². The van der Waals surface area contributed by atoms with Crippen molar-refractivity contribution in [3.63, 3.8) is 0 Å². The lowest BCUT2D eigenvalue weighted by atomic mass is 10.3. The molecule has 2 aromatic rings. The largest absolute Gasteiger partial charge is 0.573 e. The Balaban J connectivity index is 2.19. The molecule has 0 aliphatic heterocycles. The van der Waals surface area contributed by atoms with Crippen LogP contribution in [-0.2, 0) is 0 Å². The van der Waals surface area contributed by atoms with Crippen LogP contribution in [0.5, 0.6) is 17.5 Å². The first kappa shape index (κ1) is 15.9. The Labute approximate surface area is 129 Å². The molecule has 2 rings (SSSR count). The highest BCUT2D eigenvalue weighted by Gasteiger charge is 2.32. The first-order valence-electron chi connectivity index (χ1n) is 5.44. The zero-order valence-electron chi connectivity index (χ0n) is 10.4. The summed E-state index contributed by atoms with van der Waals surface area (Å²) >= 11 is 2.91. The number of hydrogen-bond acceptors (Lipinski definition) is 6. The number of halogens is 4. The monoisotopic (exact) mass is 379 g/mol. The van der Waals surface area contributed by atoms with Gasteiger partial charge in [0, 0.05) is 6.07 Å². The zero-order chi connectivity index (χ0) is 16.3. The Morgan fingerprint density at radius 2 is 1.86 bits per heavy atom. The quantitative estimate of drug-likeness (QED) is 0.592. The minimum Gasteiger partial charge on any atom is -0.424 e. The number of rotatable bonds is 4. The zero-order valence-corrected chi connectivity index (χ0v) is 12.0. The van der Waals surface area contributed by atoms with Gasteiger partial charge in [-0.15, -0.1) is 13.2 Å². The number of nitro groups is 1. The fourth-order valence-electron chi connectivity index (χ4n) is 1.31. The van der Waals surface area contributed by atoms with Gasteiger partial charge in [0.1, 0.15) is 23.9 Å². The fourth-order valence-corrected chi connectivity index (χ4v) is 1.64. The summed E-state index contributed by atoms with van der Waals surface area (Å²) in [6.45, 7) is 0. The number of hydrogen-bond donors (Lipinski definition) is 0. The Morgan fingerprint density at radius 1 is 1.23 bits per heavy atom. The number of ether oxygens (including phenoxy) is 2. The van der Waals surface area contributed by atoms with Gasteiger partial charge >= 0.3 is 18.1 Å². The number of benzene rings is 1. The molecule has 0 aliphatic rings. The summed E-state index contributed by atoms with van der Waals surface area (Å²) in [5.41, 5.74) is -0.343. The molecule has 0 saturated heterocycles. The molecular formula is C11H5BrF3N3O4. The molecule has 1 aromatic carbocycles. The van der Waals surface area contributed by atoms with Crippen LogP contribution in [0.25, 0.3) is 0 Å². The number of alkyl halides is 3. The lowest BCUT2D eigenvalue weighted by molar-refractivity contribution is -0.385. The fraction of sp³-hybridized carbons (Fsp3) is 0.0909. The van der Waals surface area contributed by atoms with Crippen molar-refractivity contribution in [3.8, 4) is 17.5 Å². The summed E-state index contributed by atoms with van der Waals surface area (Å²) in [6, 6.07) is 3.34. The third kappa shape index (κ3) is 4.28. The van der Waals surface area contributed by atoms with Gasteiger partial charge < -0.3 is 9.47 Å². The first-order chi connectivity index (χ1) is 10.2. The molecule has 0 amide bonds. The van der Waals surface area contributed by atoms with Crippen LogP contribution in [0.3, 0.4) is 0 Å². The molecule has 7 nitrogen and oxygen atoms in total. The molecule has 116 valence electrons. The van der Waals surface area contributed by atoms with E-state index in [2.05, 4.69) is 30.6 Å². The van der Waals surface area contributed by atoms with Crippen LogP contribution < -0.4 is 9.47 Å². The SMILES string of the molecule is O=[N+]([O-])c1cnc(Oc2ccc(Br)c(OC(F)(F)F)c2)nc1. The maximum atomic E-state index is 12.2. The predicted molar refractivity (Wildman–Crippen MR) is 69.6 cm³/mol. The Bertz CT molecular complexity index is 694. The molecule has 0 aliphatic carbocycles. The van der Waals surface area contributed by atoms with Crippen molar-refractivity contribution in [1.82, 2.24) is 9.97 Å². The highest BCUT2D eigenvalue weighted by molar-refractivity contribution is 9.10. The molecule has 0 spiro atoms. The van der Waals surface area contributed by atoms with Crippen LogP contribution in [0.4, 0.5) is 18.9 Å². The van der Waals surface area contributed by atoms with Gasteiger partial charge in [-0.3, -0.25) is 10.1 Å². The maximum Gasteiger partial charge on any atom is 0.573 e. The maximum absolute atomic E-state index is 12.2. The highest BCUT2D eigenvalue weighted by Crippen LogP contribution is 2.34. The van der Waals surface area contributed by atoms with E-state index < -0.39 is 17.0 Å². The van der Waals surface area contributed by atoms with Crippen LogP contribution in [-0.4, -0.2) is 21.3 Å². The Kier molecular flexibility index (Phi) is 4.45. The summed E-state index contributed by atoms with van der Waals surface area (Å²) in [5, 5.41) is 10.4. The van der Waals surface area contributed by atoms with Gasteiger partial charge in [-0.1, -0.05) is 0 Å². The molecule has 0 unspecified atom stereocenters. The van der Waals surface area contributed by atoms with Gasteiger partial charge in [-0.05, 0) is 28.1 Å². The van der Waals surface area contributed by atoms with E-state index in [1.807, 2.05) is 0 Å². The molecule has 11 heteroatoms. The first-order valence-corrected chi connectivity index (χ1v) is 6.23. The second kappa shape index (κ2) is 6.13. The van der Waals surface area contributed by atoms with Gasteiger partial charge in [0.15, 0.2) is 0 Å². The van der Waals surface area contributed by atoms with E-state index in [0.29, 0.717) is 0 Å². The third-order valence-electron chi connectivity index (χ3n) is 2.16. The van der Waals surface area contributed by atoms with Gasteiger partial charge in [0.2, 0.25) is 0 Å². The predicted octanol–water partition coefficient (Wildman–Crippen LogP) is 3.84. The Hall–Kier alpha value is -2.43. The summed E-state index contributed by atoms with van der Waals surface area (Å²) in [5.74, 6) is -0.539. The van der Waals surface area contributed by atoms with Crippen LogP contribution >= 0.6 is 15.9 Å².